The number of hydrogen-bond acceptors (Lipinski definition) is 1. The maximum Gasteiger partial charge on any atom is 0.257 e. The van der Waals surface area contributed by atoms with Crippen LogP contribution in [0.4, 0.5) is 0 Å². The van der Waals surface area contributed by atoms with Crippen LogP contribution in [0.2, 0.25) is 0 Å². The lowest BCUT2D eigenvalue weighted by Gasteiger charge is -2.12. The van der Waals surface area contributed by atoms with Gasteiger partial charge in [0, 0.05) is 12.1 Å². The fraction of sp³-hybridized carbons (Fsp3) is 0.538. The smallest absolute Gasteiger partial charge is 0.257 e. The molecule has 0 saturated heterocycles. The molecule has 3 heteroatoms. The summed E-state index contributed by atoms with van der Waals surface area (Å²) >= 11 is 0. The Hall–Kier alpha value is -1.38. The van der Waals surface area contributed by atoms with Crippen LogP contribution in [0.1, 0.15) is 43.5 Å². The van der Waals surface area contributed by atoms with Crippen LogP contribution in [-0.2, 0) is 7.05 Å². The number of pyridine rings is 1. The lowest BCUT2D eigenvalue weighted by Crippen LogP contribution is -2.35. The van der Waals surface area contributed by atoms with E-state index in [1.807, 2.05) is 36.1 Å². The van der Waals surface area contributed by atoms with E-state index in [0.717, 1.165) is 12.8 Å². The van der Waals surface area contributed by atoms with Gasteiger partial charge in [0.15, 0.2) is 12.4 Å². The van der Waals surface area contributed by atoms with E-state index in [1.165, 1.54) is 6.42 Å². The van der Waals surface area contributed by atoms with Crippen LogP contribution >= 0.6 is 0 Å². The molecule has 0 unspecified atom stereocenters. The van der Waals surface area contributed by atoms with Gasteiger partial charge in [-0.05, 0) is 19.4 Å². The monoisotopic (exact) mass is 221 g/mol. The molecule has 1 heterocycles. The van der Waals surface area contributed by atoms with Gasteiger partial charge in [-0.25, -0.2) is 4.57 Å². The third-order valence-corrected chi connectivity index (χ3v) is 2.57. The summed E-state index contributed by atoms with van der Waals surface area (Å²) in [5.41, 5.74) is 0.716. The molecule has 1 N–H and O–H groups in total. The van der Waals surface area contributed by atoms with Gasteiger partial charge < -0.3 is 5.32 Å². The number of nitrogens with one attached hydrogen (secondary N) is 1. The number of carbonyl (C=O) groups is 1. The highest BCUT2D eigenvalue weighted by atomic mass is 16.1. The van der Waals surface area contributed by atoms with Crippen LogP contribution in [0.5, 0.6) is 0 Å². The molecule has 0 aromatic carbocycles. The Labute approximate surface area is 97.5 Å². The number of carbonyl (C=O) groups excluding carboxylic acids is 1. The lowest BCUT2D eigenvalue weighted by atomic mass is 10.1. The first-order valence-electron chi connectivity index (χ1n) is 5.89. The van der Waals surface area contributed by atoms with Gasteiger partial charge in [0.25, 0.3) is 5.91 Å². The maximum absolute atomic E-state index is 11.8. The normalized spacial score (nSPS) is 12.2. The summed E-state index contributed by atoms with van der Waals surface area (Å²) in [6.07, 6.45) is 7.12. The van der Waals surface area contributed by atoms with E-state index in [4.69, 9.17) is 0 Å². The van der Waals surface area contributed by atoms with Crippen molar-refractivity contribution in [3.63, 3.8) is 0 Å². The average Bonchev–Trinajstić information content (AvgIpc) is 2.26. The number of rotatable bonds is 5. The number of unbranched alkanes of at least 4 members (excludes halogenated alkanes) is 1. The predicted molar refractivity (Wildman–Crippen MR) is 64.1 cm³/mol. The highest BCUT2D eigenvalue weighted by Gasteiger charge is 2.11. The number of aromatic nitrogens is 1. The molecule has 3 nitrogen and oxygen atoms in total. The summed E-state index contributed by atoms with van der Waals surface area (Å²) in [5.74, 6) is 0.0137. The molecule has 16 heavy (non-hydrogen) atoms. The van der Waals surface area contributed by atoms with Crippen molar-refractivity contribution >= 4 is 5.91 Å². The maximum atomic E-state index is 11.8. The first-order chi connectivity index (χ1) is 7.63. The number of amides is 1. The zero-order valence-corrected chi connectivity index (χ0v) is 10.4. The molecular formula is C13H21N2O+. The minimum absolute atomic E-state index is 0.0137. The average molecular weight is 221 g/mol. The quantitative estimate of drug-likeness (QED) is 0.756. The van der Waals surface area contributed by atoms with Gasteiger partial charge in [-0.3, -0.25) is 4.79 Å². The topological polar surface area (TPSA) is 33.0 Å². The van der Waals surface area contributed by atoms with E-state index >= 15 is 0 Å². The Morgan fingerprint density at radius 2 is 2.31 bits per heavy atom. The molecule has 0 bridgehead atoms. The molecule has 0 aliphatic heterocycles. The van der Waals surface area contributed by atoms with Gasteiger partial charge in [0.2, 0.25) is 0 Å². The largest absolute Gasteiger partial charge is 0.349 e. The van der Waals surface area contributed by atoms with Crippen LogP contribution in [0.15, 0.2) is 24.5 Å². The summed E-state index contributed by atoms with van der Waals surface area (Å²) in [4.78, 5) is 11.8. The Kier molecular flexibility index (Phi) is 4.96. The third kappa shape index (κ3) is 4.01. The van der Waals surface area contributed by atoms with Crippen molar-refractivity contribution in [1.82, 2.24) is 5.32 Å². The molecule has 88 valence electrons. The Morgan fingerprint density at radius 1 is 1.56 bits per heavy atom. The van der Waals surface area contributed by atoms with Gasteiger partial charge in [0.05, 0.1) is 0 Å². The minimum atomic E-state index is 0.0137. The molecule has 0 saturated carbocycles. The second kappa shape index (κ2) is 6.26. The Morgan fingerprint density at radius 3 is 2.94 bits per heavy atom. The number of aryl methyl sites for hydroxylation is 1. The number of nitrogens with zero attached hydrogens (tertiary/aromatic N) is 1. The fourth-order valence-corrected chi connectivity index (χ4v) is 1.61. The van der Waals surface area contributed by atoms with Crippen LogP contribution in [0.3, 0.4) is 0 Å². The Bertz CT molecular complexity index is 350. The molecule has 0 aliphatic rings. The van der Waals surface area contributed by atoms with E-state index in [0.29, 0.717) is 5.56 Å². The van der Waals surface area contributed by atoms with E-state index in [-0.39, 0.29) is 11.9 Å². The zero-order chi connectivity index (χ0) is 12.0. The highest BCUT2D eigenvalue weighted by Crippen LogP contribution is 2.01. The summed E-state index contributed by atoms with van der Waals surface area (Å²) in [5, 5.41) is 3.01. The Balaban J connectivity index is 2.52. The molecular weight excluding hydrogens is 200 g/mol. The molecule has 0 radical (unpaired) electrons. The molecule has 1 rings (SSSR count). The van der Waals surface area contributed by atoms with Gasteiger partial charge >= 0.3 is 0 Å². The van der Waals surface area contributed by atoms with Crippen LogP contribution in [0, 0.1) is 0 Å². The molecule has 1 aromatic heterocycles. The molecule has 0 fully saturated rings. The second-order valence-corrected chi connectivity index (χ2v) is 4.27. The molecule has 0 spiro atoms. The summed E-state index contributed by atoms with van der Waals surface area (Å²) in [6.45, 7) is 4.21. The molecule has 0 aliphatic carbocycles. The second-order valence-electron chi connectivity index (χ2n) is 4.27. The van der Waals surface area contributed by atoms with E-state index in [9.17, 15) is 4.79 Å². The summed E-state index contributed by atoms with van der Waals surface area (Å²) < 4.78 is 1.88. The highest BCUT2D eigenvalue weighted by molar-refractivity contribution is 5.93. The van der Waals surface area contributed by atoms with Gasteiger partial charge in [-0.15, -0.1) is 0 Å². The van der Waals surface area contributed by atoms with E-state index in [2.05, 4.69) is 19.2 Å². The molecule has 1 aromatic rings. The van der Waals surface area contributed by atoms with E-state index in [1.54, 1.807) is 0 Å². The lowest BCUT2D eigenvalue weighted by molar-refractivity contribution is -0.671. The number of hydrogen-bond donors (Lipinski definition) is 1. The predicted octanol–water partition coefficient (Wildman–Crippen LogP) is 1.82. The fourth-order valence-electron chi connectivity index (χ4n) is 1.61. The standard InChI is InChI=1S/C13H20N2O/c1-4-5-7-11(2)14-13(16)12-8-6-9-15(3)10-12/h6,8-11H,4-5,7H2,1-3H3/p+1/t11-/m1/s1. The first kappa shape index (κ1) is 12.7. The van der Waals surface area contributed by atoms with Gasteiger partial charge in [-0.1, -0.05) is 19.8 Å². The van der Waals surface area contributed by atoms with Crippen molar-refractivity contribution < 1.29 is 9.36 Å². The minimum Gasteiger partial charge on any atom is -0.349 e. The SMILES string of the molecule is CCCC[C@@H](C)NC(=O)c1ccc[n+](C)c1. The van der Waals surface area contributed by atoms with Crippen LogP contribution in [-0.4, -0.2) is 11.9 Å². The first-order valence-corrected chi connectivity index (χ1v) is 5.89. The molecule has 1 amide bonds. The molecule has 1 atom stereocenters. The van der Waals surface area contributed by atoms with Gasteiger partial charge in [-0.2, -0.15) is 0 Å². The van der Waals surface area contributed by atoms with Crippen LogP contribution in [0.25, 0.3) is 0 Å². The van der Waals surface area contributed by atoms with Crippen molar-refractivity contribution in [2.45, 2.75) is 39.2 Å². The summed E-state index contributed by atoms with van der Waals surface area (Å²) in [7, 11) is 1.91. The van der Waals surface area contributed by atoms with E-state index < -0.39 is 0 Å². The van der Waals surface area contributed by atoms with Crippen LogP contribution < -0.4 is 9.88 Å². The van der Waals surface area contributed by atoms with Crippen molar-refractivity contribution in [3.05, 3.63) is 30.1 Å². The van der Waals surface area contributed by atoms with Crippen molar-refractivity contribution in [1.29, 1.82) is 0 Å². The van der Waals surface area contributed by atoms with Crippen molar-refractivity contribution in [3.8, 4) is 0 Å². The third-order valence-electron chi connectivity index (χ3n) is 2.57. The summed E-state index contributed by atoms with van der Waals surface area (Å²) in [6, 6.07) is 3.96. The van der Waals surface area contributed by atoms with Crippen molar-refractivity contribution in [2.75, 3.05) is 0 Å². The van der Waals surface area contributed by atoms with Gasteiger partial charge in [0.1, 0.15) is 12.6 Å². The zero-order valence-electron chi connectivity index (χ0n) is 10.4. The van der Waals surface area contributed by atoms with Crippen molar-refractivity contribution in [2.24, 2.45) is 7.05 Å².